The van der Waals surface area contributed by atoms with Crippen molar-refractivity contribution < 1.29 is 0 Å². The second-order valence-corrected chi connectivity index (χ2v) is 4.03. The molecule has 14 heavy (non-hydrogen) atoms. The van der Waals surface area contributed by atoms with Crippen LogP contribution in [0, 0.1) is 12.8 Å². The maximum absolute atomic E-state index is 6.13. The highest BCUT2D eigenvalue weighted by atomic mass is 14.7. The molecule has 2 nitrogen and oxygen atoms in total. The molecule has 2 N–H and O–H groups in total. The highest BCUT2D eigenvalue weighted by molar-refractivity contribution is 5.21. The monoisotopic (exact) mass is 192 g/mol. The average Bonchev–Trinajstić information content (AvgIpc) is 2.18. The summed E-state index contributed by atoms with van der Waals surface area (Å²) in [6.07, 6.45) is 4.05. The van der Waals surface area contributed by atoms with Gasteiger partial charge in [-0.25, -0.2) is 0 Å². The smallest absolute Gasteiger partial charge is 0.0420 e. The number of pyridine rings is 1. The van der Waals surface area contributed by atoms with E-state index in [1.807, 2.05) is 19.2 Å². The first-order valence-electron chi connectivity index (χ1n) is 5.32. The van der Waals surface area contributed by atoms with Crippen LogP contribution in [-0.4, -0.2) is 4.98 Å². The maximum atomic E-state index is 6.13. The SMILES string of the molecule is CCC(C)CC(N)c1cccnc1C. The van der Waals surface area contributed by atoms with Crippen LogP contribution < -0.4 is 5.73 Å². The number of hydrogen-bond acceptors (Lipinski definition) is 2. The van der Waals surface area contributed by atoms with Gasteiger partial charge in [0.15, 0.2) is 0 Å². The fourth-order valence-corrected chi connectivity index (χ4v) is 1.62. The van der Waals surface area contributed by atoms with Crippen molar-refractivity contribution in [1.29, 1.82) is 0 Å². The first-order chi connectivity index (χ1) is 6.65. The summed E-state index contributed by atoms with van der Waals surface area (Å²) in [6.45, 7) is 6.46. The third-order valence-corrected chi connectivity index (χ3v) is 2.80. The number of hydrogen-bond donors (Lipinski definition) is 1. The summed E-state index contributed by atoms with van der Waals surface area (Å²) in [5.41, 5.74) is 8.38. The van der Waals surface area contributed by atoms with Gasteiger partial charge >= 0.3 is 0 Å². The molecule has 2 atom stereocenters. The molecular weight excluding hydrogens is 172 g/mol. The van der Waals surface area contributed by atoms with E-state index in [-0.39, 0.29) is 6.04 Å². The van der Waals surface area contributed by atoms with Crippen LogP contribution in [0.4, 0.5) is 0 Å². The molecular formula is C12H20N2. The Bertz CT molecular complexity index is 283. The molecule has 0 aliphatic carbocycles. The van der Waals surface area contributed by atoms with Gasteiger partial charge in [0.1, 0.15) is 0 Å². The van der Waals surface area contributed by atoms with E-state index in [2.05, 4.69) is 24.9 Å². The number of rotatable bonds is 4. The quantitative estimate of drug-likeness (QED) is 0.796. The Morgan fingerprint density at radius 3 is 2.79 bits per heavy atom. The van der Waals surface area contributed by atoms with E-state index in [9.17, 15) is 0 Å². The minimum atomic E-state index is 0.138. The highest BCUT2D eigenvalue weighted by Gasteiger charge is 2.11. The first-order valence-corrected chi connectivity index (χ1v) is 5.32. The minimum Gasteiger partial charge on any atom is -0.324 e. The summed E-state index contributed by atoms with van der Waals surface area (Å²) in [4.78, 5) is 4.25. The molecule has 2 heteroatoms. The van der Waals surface area contributed by atoms with Crippen LogP contribution in [0.2, 0.25) is 0 Å². The van der Waals surface area contributed by atoms with Gasteiger partial charge < -0.3 is 5.73 Å². The fourth-order valence-electron chi connectivity index (χ4n) is 1.62. The Labute approximate surface area is 86.5 Å². The van der Waals surface area contributed by atoms with Gasteiger partial charge in [-0.05, 0) is 30.9 Å². The third-order valence-electron chi connectivity index (χ3n) is 2.80. The van der Waals surface area contributed by atoms with Crippen molar-refractivity contribution in [2.24, 2.45) is 11.7 Å². The van der Waals surface area contributed by atoms with Crippen molar-refractivity contribution in [2.45, 2.75) is 39.7 Å². The molecule has 0 amide bonds. The van der Waals surface area contributed by atoms with Gasteiger partial charge in [-0.3, -0.25) is 4.98 Å². The molecule has 2 unspecified atom stereocenters. The van der Waals surface area contributed by atoms with E-state index in [1.165, 1.54) is 12.0 Å². The Hall–Kier alpha value is -0.890. The molecule has 0 aliphatic heterocycles. The molecule has 0 spiro atoms. The zero-order valence-electron chi connectivity index (χ0n) is 9.33. The summed E-state index contributed by atoms with van der Waals surface area (Å²) in [5, 5.41) is 0. The second kappa shape index (κ2) is 5.11. The average molecular weight is 192 g/mol. The lowest BCUT2D eigenvalue weighted by Crippen LogP contribution is -2.15. The number of aryl methyl sites for hydroxylation is 1. The van der Waals surface area contributed by atoms with Gasteiger partial charge in [-0.15, -0.1) is 0 Å². The number of nitrogens with zero attached hydrogens (tertiary/aromatic N) is 1. The zero-order valence-corrected chi connectivity index (χ0v) is 9.33. The first kappa shape index (κ1) is 11.2. The summed E-state index contributed by atoms with van der Waals surface area (Å²) in [6, 6.07) is 4.17. The summed E-state index contributed by atoms with van der Waals surface area (Å²) in [5.74, 6) is 0.685. The van der Waals surface area contributed by atoms with E-state index in [0.717, 1.165) is 12.1 Å². The molecule has 78 valence electrons. The van der Waals surface area contributed by atoms with E-state index in [4.69, 9.17) is 5.73 Å². The normalized spacial score (nSPS) is 15.1. The topological polar surface area (TPSA) is 38.9 Å². The molecule has 1 aromatic rings. The largest absolute Gasteiger partial charge is 0.324 e. The highest BCUT2D eigenvalue weighted by Crippen LogP contribution is 2.21. The van der Waals surface area contributed by atoms with E-state index >= 15 is 0 Å². The molecule has 1 heterocycles. The van der Waals surface area contributed by atoms with Gasteiger partial charge in [0.25, 0.3) is 0 Å². The van der Waals surface area contributed by atoms with E-state index in [1.54, 1.807) is 0 Å². The van der Waals surface area contributed by atoms with Crippen LogP contribution in [0.3, 0.4) is 0 Å². The van der Waals surface area contributed by atoms with Crippen molar-refractivity contribution in [3.05, 3.63) is 29.6 Å². The Kier molecular flexibility index (Phi) is 4.08. The Balaban J connectivity index is 2.69. The maximum Gasteiger partial charge on any atom is 0.0420 e. The third kappa shape index (κ3) is 2.81. The van der Waals surface area contributed by atoms with Crippen LogP contribution >= 0.6 is 0 Å². The molecule has 0 saturated heterocycles. The van der Waals surface area contributed by atoms with Crippen molar-refractivity contribution in [1.82, 2.24) is 4.98 Å². The molecule has 1 rings (SSSR count). The van der Waals surface area contributed by atoms with Crippen molar-refractivity contribution in [2.75, 3.05) is 0 Å². The summed E-state index contributed by atoms with van der Waals surface area (Å²) in [7, 11) is 0. The van der Waals surface area contributed by atoms with Crippen LogP contribution in [0.1, 0.15) is 44.0 Å². The van der Waals surface area contributed by atoms with Crippen molar-refractivity contribution >= 4 is 0 Å². The van der Waals surface area contributed by atoms with Crippen LogP contribution in [0.5, 0.6) is 0 Å². The summed E-state index contributed by atoms with van der Waals surface area (Å²) >= 11 is 0. The van der Waals surface area contributed by atoms with Crippen LogP contribution in [0.15, 0.2) is 18.3 Å². The lowest BCUT2D eigenvalue weighted by molar-refractivity contribution is 0.459. The van der Waals surface area contributed by atoms with Gasteiger partial charge in [-0.2, -0.15) is 0 Å². The summed E-state index contributed by atoms with van der Waals surface area (Å²) < 4.78 is 0. The number of nitrogens with two attached hydrogens (primary N) is 1. The van der Waals surface area contributed by atoms with E-state index in [0.29, 0.717) is 5.92 Å². The lowest BCUT2D eigenvalue weighted by Gasteiger charge is -2.17. The lowest BCUT2D eigenvalue weighted by atomic mass is 9.94. The molecule has 0 radical (unpaired) electrons. The van der Waals surface area contributed by atoms with E-state index < -0.39 is 0 Å². The minimum absolute atomic E-state index is 0.138. The zero-order chi connectivity index (χ0) is 10.6. The molecule has 0 saturated carbocycles. The van der Waals surface area contributed by atoms with Gasteiger partial charge in [0.05, 0.1) is 0 Å². The predicted molar refractivity (Wildman–Crippen MR) is 60.0 cm³/mol. The van der Waals surface area contributed by atoms with Gasteiger partial charge in [-0.1, -0.05) is 26.3 Å². The molecule has 0 bridgehead atoms. The van der Waals surface area contributed by atoms with Crippen molar-refractivity contribution in [3.8, 4) is 0 Å². The van der Waals surface area contributed by atoms with Gasteiger partial charge in [0.2, 0.25) is 0 Å². The Morgan fingerprint density at radius 2 is 2.21 bits per heavy atom. The molecule has 0 aromatic carbocycles. The molecule has 0 aliphatic rings. The van der Waals surface area contributed by atoms with Crippen LogP contribution in [-0.2, 0) is 0 Å². The predicted octanol–water partition coefficient (Wildman–Crippen LogP) is 2.83. The van der Waals surface area contributed by atoms with Crippen molar-refractivity contribution in [3.63, 3.8) is 0 Å². The second-order valence-electron chi connectivity index (χ2n) is 4.03. The molecule has 1 aromatic heterocycles. The fraction of sp³-hybridized carbons (Fsp3) is 0.583. The van der Waals surface area contributed by atoms with Crippen LogP contribution in [0.25, 0.3) is 0 Å². The standard InChI is InChI=1S/C12H20N2/c1-4-9(2)8-12(13)11-6-5-7-14-10(11)3/h5-7,9,12H,4,8,13H2,1-3H3. The van der Waals surface area contributed by atoms with Gasteiger partial charge in [0, 0.05) is 17.9 Å². The number of aromatic nitrogens is 1. The molecule has 0 fully saturated rings. The Morgan fingerprint density at radius 1 is 1.50 bits per heavy atom.